The quantitative estimate of drug-likeness (QED) is 0.853. The fraction of sp³-hybridized carbons (Fsp3) is 0.125. The molecular weight excluding hydrogens is 304 g/mol. The van der Waals surface area contributed by atoms with E-state index in [4.69, 9.17) is 4.74 Å². The van der Waals surface area contributed by atoms with Crippen molar-refractivity contribution in [2.75, 3.05) is 14.2 Å². The van der Waals surface area contributed by atoms with Crippen molar-refractivity contribution in [2.24, 2.45) is 0 Å². The first-order chi connectivity index (χ1) is 10.5. The molecule has 0 aromatic heterocycles. The van der Waals surface area contributed by atoms with Crippen molar-refractivity contribution in [3.8, 4) is 5.75 Å². The van der Waals surface area contributed by atoms with E-state index in [1.54, 1.807) is 42.5 Å². The number of carboxylic acids is 1. The zero-order valence-electron chi connectivity index (χ0n) is 12.0. The van der Waals surface area contributed by atoms with Gasteiger partial charge in [0.2, 0.25) is 0 Å². The summed E-state index contributed by atoms with van der Waals surface area (Å²) in [6, 6.07) is 11.8. The lowest BCUT2D eigenvalue weighted by atomic mass is 10.2. The largest absolute Gasteiger partial charge is 0.496 e. The summed E-state index contributed by atoms with van der Waals surface area (Å²) in [7, 11) is 2.76. The average molecular weight is 318 g/mol. The van der Waals surface area contributed by atoms with Gasteiger partial charge in [0.1, 0.15) is 11.3 Å². The Hall–Kier alpha value is -2.47. The predicted molar refractivity (Wildman–Crippen MR) is 81.9 cm³/mol. The second-order valence-electron chi connectivity index (χ2n) is 4.29. The van der Waals surface area contributed by atoms with E-state index in [1.165, 1.54) is 26.0 Å². The van der Waals surface area contributed by atoms with E-state index in [9.17, 15) is 14.7 Å². The molecule has 0 saturated heterocycles. The van der Waals surface area contributed by atoms with Gasteiger partial charge in [-0.3, -0.25) is 0 Å². The van der Waals surface area contributed by atoms with Gasteiger partial charge in [-0.2, -0.15) is 0 Å². The van der Waals surface area contributed by atoms with Crippen molar-refractivity contribution >= 4 is 23.7 Å². The third kappa shape index (κ3) is 3.59. The van der Waals surface area contributed by atoms with Gasteiger partial charge in [-0.1, -0.05) is 11.8 Å². The molecule has 2 aromatic carbocycles. The molecule has 0 unspecified atom stereocenters. The molecule has 2 rings (SSSR count). The number of ether oxygens (including phenoxy) is 2. The van der Waals surface area contributed by atoms with E-state index in [0.717, 1.165) is 9.79 Å². The van der Waals surface area contributed by atoms with Crippen molar-refractivity contribution in [2.45, 2.75) is 9.79 Å². The topological polar surface area (TPSA) is 72.8 Å². The molecule has 0 heterocycles. The molecule has 6 heteroatoms. The summed E-state index contributed by atoms with van der Waals surface area (Å²) >= 11 is 1.40. The van der Waals surface area contributed by atoms with E-state index in [1.807, 2.05) is 0 Å². The van der Waals surface area contributed by atoms with Crippen LogP contribution in [0.3, 0.4) is 0 Å². The highest BCUT2D eigenvalue weighted by Gasteiger charge is 2.12. The molecule has 2 aromatic rings. The number of carbonyl (C=O) groups is 2. The lowest BCUT2D eigenvalue weighted by molar-refractivity contribution is 0.0599. The minimum atomic E-state index is -1.04. The minimum Gasteiger partial charge on any atom is -0.496 e. The molecule has 0 atom stereocenters. The van der Waals surface area contributed by atoms with Crippen molar-refractivity contribution in [1.82, 2.24) is 0 Å². The SMILES string of the molecule is COC(=O)c1ccc(Sc2ccc(OC)c(C(=O)O)c2)cc1. The molecule has 0 bridgehead atoms. The summed E-state index contributed by atoms with van der Waals surface area (Å²) in [6.45, 7) is 0. The Balaban J connectivity index is 2.22. The Kier molecular flexibility index (Phi) is 5.06. The monoisotopic (exact) mass is 318 g/mol. The highest BCUT2D eigenvalue weighted by atomic mass is 32.2. The van der Waals surface area contributed by atoms with Crippen LogP contribution in [-0.4, -0.2) is 31.3 Å². The van der Waals surface area contributed by atoms with Crippen LogP contribution in [0, 0.1) is 0 Å². The Bertz CT molecular complexity index is 694. The standard InChI is InChI=1S/C16H14O5S/c1-20-14-8-7-12(9-13(14)15(17)18)22-11-5-3-10(4-6-11)16(19)21-2/h3-9H,1-2H3,(H,17,18). The second kappa shape index (κ2) is 7.00. The van der Waals surface area contributed by atoms with E-state index in [0.29, 0.717) is 11.3 Å². The van der Waals surface area contributed by atoms with Crippen LogP contribution in [0.15, 0.2) is 52.3 Å². The van der Waals surface area contributed by atoms with Crippen molar-refractivity contribution in [1.29, 1.82) is 0 Å². The minimum absolute atomic E-state index is 0.110. The van der Waals surface area contributed by atoms with Crippen molar-refractivity contribution < 1.29 is 24.2 Å². The third-order valence-corrected chi connectivity index (χ3v) is 3.91. The molecule has 0 aliphatic heterocycles. The fourth-order valence-corrected chi connectivity index (χ4v) is 2.69. The molecule has 0 amide bonds. The molecule has 5 nitrogen and oxygen atoms in total. The van der Waals surface area contributed by atoms with Gasteiger partial charge in [0, 0.05) is 9.79 Å². The first-order valence-electron chi connectivity index (χ1n) is 6.32. The van der Waals surface area contributed by atoms with Gasteiger partial charge in [0.25, 0.3) is 0 Å². The first-order valence-corrected chi connectivity index (χ1v) is 7.14. The number of methoxy groups -OCH3 is 2. The number of benzene rings is 2. The second-order valence-corrected chi connectivity index (χ2v) is 5.43. The molecule has 0 spiro atoms. The van der Waals surface area contributed by atoms with Gasteiger partial charge >= 0.3 is 11.9 Å². The maximum atomic E-state index is 11.4. The average Bonchev–Trinajstić information content (AvgIpc) is 2.54. The number of rotatable bonds is 5. The Morgan fingerprint density at radius 1 is 1.00 bits per heavy atom. The van der Waals surface area contributed by atoms with Crippen LogP contribution in [-0.2, 0) is 4.74 Å². The summed E-state index contributed by atoms with van der Waals surface area (Å²) in [4.78, 5) is 24.2. The van der Waals surface area contributed by atoms with Gasteiger partial charge < -0.3 is 14.6 Å². The summed E-state index contributed by atoms with van der Waals surface area (Å²) in [6.07, 6.45) is 0. The van der Waals surface area contributed by atoms with E-state index < -0.39 is 11.9 Å². The van der Waals surface area contributed by atoms with Crippen molar-refractivity contribution in [3.05, 3.63) is 53.6 Å². The third-order valence-electron chi connectivity index (χ3n) is 2.91. The molecule has 0 aliphatic rings. The highest BCUT2D eigenvalue weighted by Crippen LogP contribution is 2.31. The molecule has 0 aliphatic carbocycles. The molecule has 0 radical (unpaired) electrons. The molecule has 0 saturated carbocycles. The highest BCUT2D eigenvalue weighted by molar-refractivity contribution is 7.99. The fourth-order valence-electron chi connectivity index (χ4n) is 1.83. The van der Waals surface area contributed by atoms with E-state index in [2.05, 4.69) is 4.74 Å². The zero-order valence-corrected chi connectivity index (χ0v) is 12.8. The number of aromatic carboxylic acids is 1. The van der Waals surface area contributed by atoms with Gasteiger partial charge in [-0.25, -0.2) is 9.59 Å². The van der Waals surface area contributed by atoms with Gasteiger partial charge in [0.15, 0.2) is 0 Å². The Morgan fingerprint density at radius 2 is 1.64 bits per heavy atom. The summed E-state index contributed by atoms with van der Waals surface area (Å²) in [5.41, 5.74) is 0.575. The molecule has 0 fully saturated rings. The first kappa shape index (κ1) is 15.9. The summed E-state index contributed by atoms with van der Waals surface area (Å²) in [5.74, 6) is -1.12. The molecule has 22 heavy (non-hydrogen) atoms. The number of hydrogen-bond donors (Lipinski definition) is 1. The number of carboxylic acid groups (broad SMARTS) is 1. The predicted octanol–water partition coefficient (Wildman–Crippen LogP) is 3.33. The maximum absolute atomic E-state index is 11.4. The Labute approximate surface area is 131 Å². The van der Waals surface area contributed by atoms with Gasteiger partial charge in [0.05, 0.1) is 19.8 Å². The molecule has 114 valence electrons. The van der Waals surface area contributed by atoms with Crippen LogP contribution in [0.2, 0.25) is 0 Å². The van der Waals surface area contributed by atoms with E-state index in [-0.39, 0.29) is 5.56 Å². The van der Waals surface area contributed by atoms with Crippen molar-refractivity contribution in [3.63, 3.8) is 0 Å². The van der Waals surface area contributed by atoms with Crippen LogP contribution in [0.25, 0.3) is 0 Å². The number of hydrogen-bond acceptors (Lipinski definition) is 5. The van der Waals surface area contributed by atoms with E-state index >= 15 is 0 Å². The van der Waals surface area contributed by atoms with Crippen LogP contribution >= 0.6 is 11.8 Å². The van der Waals surface area contributed by atoms with Crippen LogP contribution in [0.1, 0.15) is 20.7 Å². The molecule has 1 N–H and O–H groups in total. The zero-order chi connectivity index (χ0) is 16.1. The van der Waals surface area contributed by atoms with Crippen LogP contribution in [0.5, 0.6) is 5.75 Å². The lowest BCUT2D eigenvalue weighted by Gasteiger charge is -2.08. The van der Waals surface area contributed by atoms with Crippen LogP contribution in [0.4, 0.5) is 0 Å². The lowest BCUT2D eigenvalue weighted by Crippen LogP contribution is -2.00. The number of esters is 1. The smallest absolute Gasteiger partial charge is 0.339 e. The molecular formula is C16H14O5S. The number of carbonyl (C=O) groups excluding carboxylic acids is 1. The maximum Gasteiger partial charge on any atom is 0.339 e. The Morgan fingerprint density at radius 3 is 2.18 bits per heavy atom. The summed E-state index contributed by atoms with van der Waals surface area (Å²) in [5, 5.41) is 9.17. The van der Waals surface area contributed by atoms with Gasteiger partial charge in [-0.05, 0) is 42.5 Å². The normalized spacial score (nSPS) is 10.1. The van der Waals surface area contributed by atoms with Crippen LogP contribution < -0.4 is 4.74 Å². The summed E-state index contributed by atoms with van der Waals surface area (Å²) < 4.78 is 9.66. The van der Waals surface area contributed by atoms with Gasteiger partial charge in [-0.15, -0.1) is 0 Å².